The number of rotatable bonds is 5. The van der Waals surface area contributed by atoms with Crippen molar-refractivity contribution in [1.82, 2.24) is 4.98 Å². The van der Waals surface area contributed by atoms with Crippen LogP contribution in [0.25, 0.3) is 0 Å². The smallest absolute Gasteiger partial charge is 0.416 e. The number of aryl methyl sites for hydroxylation is 1. The summed E-state index contributed by atoms with van der Waals surface area (Å²) in [5, 5.41) is 13.5. The zero-order valence-electron chi connectivity index (χ0n) is 12.8. The molecule has 2 aromatic rings. The summed E-state index contributed by atoms with van der Waals surface area (Å²) in [5.74, 6) is 0.359. The Hall–Kier alpha value is -2.84. The number of anilines is 1. The van der Waals surface area contributed by atoms with Crippen LogP contribution >= 0.6 is 0 Å². The van der Waals surface area contributed by atoms with Gasteiger partial charge in [-0.25, -0.2) is 4.98 Å². The summed E-state index contributed by atoms with van der Waals surface area (Å²) in [6.45, 7) is 1.39. The van der Waals surface area contributed by atoms with Crippen LogP contribution in [0.15, 0.2) is 30.5 Å². The van der Waals surface area contributed by atoms with E-state index in [1.54, 1.807) is 0 Å². The van der Waals surface area contributed by atoms with Crippen molar-refractivity contribution in [3.05, 3.63) is 57.3 Å². The molecule has 0 amide bonds. The van der Waals surface area contributed by atoms with E-state index >= 15 is 0 Å². The molecule has 0 aliphatic heterocycles. The molecule has 128 valence electrons. The molecule has 1 N–H and O–H groups in total. The first-order valence-electron chi connectivity index (χ1n) is 6.81. The number of hydrogen-bond acceptors (Lipinski definition) is 5. The van der Waals surface area contributed by atoms with Gasteiger partial charge >= 0.3 is 6.18 Å². The molecular weight excluding hydrogens is 327 g/mol. The summed E-state index contributed by atoms with van der Waals surface area (Å²) in [7, 11) is 1.29. The molecule has 1 aromatic carbocycles. The molecule has 1 heterocycles. The van der Waals surface area contributed by atoms with Crippen molar-refractivity contribution >= 4 is 11.5 Å². The third-order valence-corrected chi connectivity index (χ3v) is 3.36. The van der Waals surface area contributed by atoms with E-state index in [1.165, 1.54) is 32.2 Å². The fourth-order valence-corrected chi connectivity index (χ4v) is 2.12. The largest absolute Gasteiger partial charge is 0.497 e. The number of nitrogens with one attached hydrogen (secondary N) is 1. The Kier molecular flexibility index (Phi) is 4.91. The van der Waals surface area contributed by atoms with Crippen molar-refractivity contribution in [2.24, 2.45) is 0 Å². The van der Waals surface area contributed by atoms with Crippen molar-refractivity contribution < 1.29 is 22.8 Å². The Morgan fingerprint density at radius 1 is 1.33 bits per heavy atom. The average molecular weight is 341 g/mol. The van der Waals surface area contributed by atoms with Crippen LogP contribution in [0, 0.1) is 17.0 Å². The van der Waals surface area contributed by atoms with Gasteiger partial charge in [0.25, 0.3) is 5.69 Å². The first-order valence-corrected chi connectivity index (χ1v) is 6.81. The van der Waals surface area contributed by atoms with Gasteiger partial charge in [-0.3, -0.25) is 10.1 Å². The van der Waals surface area contributed by atoms with Crippen LogP contribution < -0.4 is 10.1 Å². The molecule has 2 rings (SSSR count). The van der Waals surface area contributed by atoms with Gasteiger partial charge in [0.05, 0.1) is 17.6 Å². The van der Waals surface area contributed by atoms with Crippen LogP contribution in [0.4, 0.5) is 24.7 Å². The van der Waals surface area contributed by atoms with Gasteiger partial charge in [0.2, 0.25) is 0 Å². The summed E-state index contributed by atoms with van der Waals surface area (Å²) in [4.78, 5) is 14.0. The van der Waals surface area contributed by atoms with Crippen LogP contribution in [0.5, 0.6) is 5.75 Å². The fraction of sp³-hybridized carbons (Fsp3) is 0.267. The maximum atomic E-state index is 13.1. The van der Waals surface area contributed by atoms with E-state index in [9.17, 15) is 23.3 Å². The van der Waals surface area contributed by atoms with Crippen molar-refractivity contribution in [2.45, 2.75) is 19.6 Å². The molecule has 1 aromatic heterocycles. The van der Waals surface area contributed by atoms with E-state index in [0.29, 0.717) is 5.56 Å². The monoisotopic (exact) mass is 341 g/mol. The molecule has 0 fully saturated rings. The quantitative estimate of drug-likeness (QED) is 0.658. The molecule has 0 saturated carbocycles. The zero-order chi connectivity index (χ0) is 17.9. The molecule has 0 bridgehead atoms. The molecule has 0 radical (unpaired) electrons. The predicted molar refractivity (Wildman–Crippen MR) is 81.0 cm³/mol. The third kappa shape index (κ3) is 3.92. The second-order valence-electron chi connectivity index (χ2n) is 4.99. The highest BCUT2D eigenvalue weighted by Gasteiger charge is 2.33. The van der Waals surface area contributed by atoms with Crippen LogP contribution in [-0.4, -0.2) is 17.0 Å². The van der Waals surface area contributed by atoms with Gasteiger partial charge in [0.1, 0.15) is 17.8 Å². The first-order chi connectivity index (χ1) is 11.2. The summed E-state index contributed by atoms with van der Waals surface area (Å²) >= 11 is 0. The highest BCUT2D eigenvalue weighted by Crippen LogP contribution is 2.34. The number of nitrogens with zero attached hydrogens (tertiary/aromatic N) is 2. The van der Waals surface area contributed by atoms with Gasteiger partial charge in [0.15, 0.2) is 0 Å². The lowest BCUT2D eigenvalue weighted by atomic mass is 10.1. The van der Waals surface area contributed by atoms with Crippen molar-refractivity contribution in [1.29, 1.82) is 0 Å². The van der Waals surface area contributed by atoms with Gasteiger partial charge in [-0.1, -0.05) is 6.07 Å². The first kappa shape index (κ1) is 17.5. The fourth-order valence-electron chi connectivity index (χ4n) is 2.12. The second kappa shape index (κ2) is 6.73. The van der Waals surface area contributed by atoms with Crippen LogP contribution in [0.1, 0.15) is 16.7 Å². The summed E-state index contributed by atoms with van der Waals surface area (Å²) in [6, 6.07) is 5.08. The zero-order valence-corrected chi connectivity index (χ0v) is 12.8. The van der Waals surface area contributed by atoms with Crippen LogP contribution in [-0.2, 0) is 12.7 Å². The van der Waals surface area contributed by atoms with Crippen molar-refractivity contribution in [2.75, 3.05) is 12.4 Å². The number of aromatic nitrogens is 1. The normalized spacial score (nSPS) is 11.2. The number of alkyl halides is 3. The molecule has 24 heavy (non-hydrogen) atoms. The van der Waals surface area contributed by atoms with Crippen LogP contribution in [0.3, 0.4) is 0 Å². The lowest BCUT2D eigenvalue weighted by Gasteiger charge is -2.15. The number of halogens is 3. The Labute approximate surface area is 135 Å². The molecular formula is C15H14F3N3O3. The number of methoxy groups -OCH3 is 1. The molecule has 0 aliphatic carbocycles. The summed E-state index contributed by atoms with van der Waals surface area (Å²) < 4.78 is 44.2. The highest BCUT2D eigenvalue weighted by atomic mass is 19.4. The molecule has 0 spiro atoms. The van der Waals surface area contributed by atoms with E-state index in [-0.39, 0.29) is 29.4 Å². The second-order valence-corrected chi connectivity index (χ2v) is 4.99. The maximum Gasteiger partial charge on any atom is 0.416 e. The lowest BCUT2D eigenvalue weighted by molar-refractivity contribution is -0.385. The van der Waals surface area contributed by atoms with Crippen molar-refractivity contribution in [3.8, 4) is 5.75 Å². The van der Waals surface area contributed by atoms with Crippen LogP contribution in [0.2, 0.25) is 0 Å². The number of benzene rings is 1. The molecule has 0 aliphatic rings. The van der Waals surface area contributed by atoms with E-state index in [4.69, 9.17) is 4.74 Å². The Balaban J connectivity index is 2.23. The SMILES string of the molecule is COc1ccc(CNc2cc(C)c([N+](=O)[O-])cn2)c(C(F)(F)F)c1. The maximum absolute atomic E-state index is 13.1. The number of hydrogen-bond donors (Lipinski definition) is 1. The topological polar surface area (TPSA) is 77.3 Å². The number of ether oxygens (including phenoxy) is 1. The van der Waals surface area contributed by atoms with E-state index in [0.717, 1.165) is 12.3 Å². The molecule has 9 heteroatoms. The van der Waals surface area contributed by atoms with Gasteiger partial charge in [-0.05, 0) is 30.7 Å². The lowest BCUT2D eigenvalue weighted by Crippen LogP contribution is -2.12. The molecule has 0 unspecified atom stereocenters. The van der Waals surface area contributed by atoms with E-state index < -0.39 is 16.7 Å². The minimum Gasteiger partial charge on any atom is -0.497 e. The highest BCUT2D eigenvalue weighted by molar-refractivity contribution is 5.48. The van der Waals surface area contributed by atoms with Gasteiger partial charge in [0, 0.05) is 12.1 Å². The van der Waals surface area contributed by atoms with Gasteiger partial charge in [-0.15, -0.1) is 0 Å². The molecule has 0 saturated heterocycles. The minimum atomic E-state index is -4.52. The van der Waals surface area contributed by atoms with Gasteiger partial charge < -0.3 is 10.1 Å². The summed E-state index contributed by atoms with van der Waals surface area (Å²) in [6.07, 6.45) is -3.46. The van der Waals surface area contributed by atoms with E-state index in [1.807, 2.05) is 0 Å². The Bertz CT molecular complexity index is 763. The Morgan fingerprint density at radius 2 is 2.04 bits per heavy atom. The van der Waals surface area contributed by atoms with E-state index in [2.05, 4.69) is 10.3 Å². The average Bonchev–Trinajstić information content (AvgIpc) is 2.51. The summed E-state index contributed by atoms with van der Waals surface area (Å²) in [5.41, 5.74) is -0.585. The third-order valence-electron chi connectivity index (χ3n) is 3.36. The van der Waals surface area contributed by atoms with Gasteiger partial charge in [-0.2, -0.15) is 13.2 Å². The standard InChI is InChI=1S/C15H14F3N3O3/c1-9-5-14(20-8-13(9)21(22)23)19-7-10-3-4-11(24-2)6-12(10)15(16,17)18/h3-6,8H,7H2,1-2H3,(H,19,20). The predicted octanol–water partition coefficient (Wildman–Crippen LogP) is 3.94. The molecule has 0 atom stereocenters. The number of nitro groups is 1. The van der Waals surface area contributed by atoms with Crippen molar-refractivity contribution in [3.63, 3.8) is 0 Å². The Morgan fingerprint density at radius 3 is 2.58 bits per heavy atom. The molecule has 6 nitrogen and oxygen atoms in total. The number of pyridine rings is 1. The minimum absolute atomic E-state index is 0.0149.